The minimum atomic E-state index is -3.66. The highest BCUT2D eigenvalue weighted by atomic mass is 32.2. The zero-order chi connectivity index (χ0) is 15.7. The van der Waals surface area contributed by atoms with Gasteiger partial charge in [0.1, 0.15) is 17.3 Å². The number of H-pyrrole nitrogens is 1. The van der Waals surface area contributed by atoms with Crippen molar-refractivity contribution in [2.75, 3.05) is 0 Å². The van der Waals surface area contributed by atoms with Crippen LogP contribution >= 0.6 is 0 Å². The van der Waals surface area contributed by atoms with E-state index >= 15 is 0 Å². The van der Waals surface area contributed by atoms with E-state index in [9.17, 15) is 12.8 Å². The third-order valence-electron chi connectivity index (χ3n) is 3.02. The normalized spacial score (nSPS) is 11.7. The highest BCUT2D eigenvalue weighted by Gasteiger charge is 2.21. The number of hydrogen-bond donors (Lipinski definition) is 1. The summed E-state index contributed by atoms with van der Waals surface area (Å²) in [5.74, 6) is -0.130. The molecule has 2 heterocycles. The monoisotopic (exact) mass is 321 g/mol. The Morgan fingerprint density at radius 2 is 2.00 bits per heavy atom. The fourth-order valence-corrected chi connectivity index (χ4v) is 3.13. The summed E-state index contributed by atoms with van der Waals surface area (Å²) >= 11 is 0. The van der Waals surface area contributed by atoms with Gasteiger partial charge in [-0.05, 0) is 36.8 Å². The Labute approximate surface area is 125 Å². The van der Waals surface area contributed by atoms with Gasteiger partial charge in [0, 0.05) is 6.07 Å². The van der Waals surface area contributed by atoms with E-state index in [4.69, 9.17) is 4.52 Å². The first kappa shape index (κ1) is 14.5. The van der Waals surface area contributed by atoms with Gasteiger partial charge in [-0.15, -0.1) is 0 Å². The molecule has 3 rings (SSSR count). The minimum absolute atomic E-state index is 0.160. The summed E-state index contributed by atoms with van der Waals surface area (Å²) in [6.45, 7) is 1.68. The van der Waals surface area contributed by atoms with Crippen LogP contribution in [0.2, 0.25) is 0 Å². The molecule has 0 saturated carbocycles. The lowest BCUT2D eigenvalue weighted by molar-refractivity contribution is 0.392. The van der Waals surface area contributed by atoms with Gasteiger partial charge in [-0.2, -0.15) is 0 Å². The zero-order valence-corrected chi connectivity index (χ0v) is 12.4. The van der Waals surface area contributed by atoms with Crippen molar-refractivity contribution in [1.82, 2.24) is 15.1 Å². The van der Waals surface area contributed by atoms with Crippen LogP contribution in [0.1, 0.15) is 11.5 Å². The number of rotatable bonds is 4. The molecule has 0 aliphatic carbocycles. The number of halogens is 1. The molecular weight excluding hydrogens is 309 g/mol. The number of aromatic amines is 1. The number of aromatic nitrogens is 3. The van der Waals surface area contributed by atoms with E-state index in [2.05, 4.69) is 15.1 Å². The van der Waals surface area contributed by atoms with Crippen molar-refractivity contribution in [3.63, 3.8) is 0 Å². The average molecular weight is 321 g/mol. The molecular formula is C14H12FN3O3S. The fraction of sp³-hybridized carbons (Fsp3) is 0.143. The lowest BCUT2D eigenvalue weighted by atomic mass is 10.2. The van der Waals surface area contributed by atoms with Gasteiger partial charge in [0.05, 0.1) is 17.6 Å². The Balaban J connectivity index is 1.87. The zero-order valence-electron chi connectivity index (χ0n) is 11.6. The first-order valence-electron chi connectivity index (χ1n) is 6.40. The number of nitrogens with zero attached hydrogens (tertiary/aromatic N) is 2. The molecule has 0 aliphatic heterocycles. The second kappa shape index (κ2) is 5.38. The predicted molar refractivity (Wildman–Crippen MR) is 76.1 cm³/mol. The van der Waals surface area contributed by atoms with E-state index in [-0.39, 0.29) is 16.7 Å². The van der Waals surface area contributed by atoms with Gasteiger partial charge in [0.2, 0.25) is 15.0 Å². The topological polar surface area (TPSA) is 88.9 Å². The van der Waals surface area contributed by atoms with E-state index in [0.717, 1.165) is 0 Å². The van der Waals surface area contributed by atoms with Gasteiger partial charge in [0.25, 0.3) is 0 Å². The number of nitrogens with one attached hydrogen (secondary N) is 1. The van der Waals surface area contributed by atoms with Gasteiger partial charge >= 0.3 is 0 Å². The highest BCUT2D eigenvalue weighted by molar-refractivity contribution is 7.90. The van der Waals surface area contributed by atoms with Gasteiger partial charge in [0.15, 0.2) is 0 Å². The van der Waals surface area contributed by atoms with Crippen LogP contribution in [0.3, 0.4) is 0 Å². The van der Waals surface area contributed by atoms with E-state index in [1.807, 2.05) is 0 Å². The second-order valence-corrected chi connectivity index (χ2v) is 6.70. The summed E-state index contributed by atoms with van der Waals surface area (Å²) < 4.78 is 42.3. The van der Waals surface area contributed by atoms with Crippen LogP contribution in [0, 0.1) is 12.7 Å². The molecule has 1 N–H and O–H groups in total. The number of aryl methyl sites for hydroxylation is 1. The SMILES string of the molecule is Cc1cc(CS(=O)(=O)c2ncc(-c3ccc(F)cc3)[nH]2)no1. The van der Waals surface area contributed by atoms with E-state index in [1.165, 1.54) is 18.3 Å². The van der Waals surface area contributed by atoms with E-state index in [0.29, 0.717) is 22.7 Å². The largest absolute Gasteiger partial charge is 0.361 e. The van der Waals surface area contributed by atoms with Gasteiger partial charge in [-0.3, -0.25) is 0 Å². The van der Waals surface area contributed by atoms with Crippen molar-refractivity contribution < 1.29 is 17.3 Å². The van der Waals surface area contributed by atoms with E-state index in [1.54, 1.807) is 25.1 Å². The lowest BCUT2D eigenvalue weighted by Gasteiger charge is -1.98. The van der Waals surface area contributed by atoms with Crippen molar-refractivity contribution in [2.45, 2.75) is 17.8 Å². The summed E-state index contributed by atoms with van der Waals surface area (Å²) in [6.07, 6.45) is 1.40. The quantitative estimate of drug-likeness (QED) is 0.797. The van der Waals surface area contributed by atoms with Crippen LogP contribution in [0.5, 0.6) is 0 Å². The van der Waals surface area contributed by atoms with Gasteiger partial charge in [-0.1, -0.05) is 5.16 Å². The molecule has 22 heavy (non-hydrogen) atoms. The van der Waals surface area contributed by atoms with Crippen LogP contribution in [-0.4, -0.2) is 23.5 Å². The minimum Gasteiger partial charge on any atom is -0.361 e. The molecule has 3 aromatic rings. The van der Waals surface area contributed by atoms with Crippen LogP contribution in [0.15, 0.2) is 46.2 Å². The predicted octanol–water partition coefficient (Wildman–Crippen LogP) is 2.49. The van der Waals surface area contributed by atoms with Gasteiger partial charge in [-0.25, -0.2) is 17.8 Å². The first-order chi connectivity index (χ1) is 10.4. The summed E-state index contributed by atoms with van der Waals surface area (Å²) in [7, 11) is -3.66. The molecule has 0 amide bonds. The number of hydrogen-bond acceptors (Lipinski definition) is 5. The molecule has 0 saturated heterocycles. The van der Waals surface area contributed by atoms with Crippen molar-refractivity contribution >= 4 is 9.84 Å². The Bertz CT molecular complexity index is 898. The number of imidazole rings is 1. The number of benzene rings is 1. The Hall–Kier alpha value is -2.48. The maximum absolute atomic E-state index is 12.9. The molecule has 0 radical (unpaired) electrons. The van der Waals surface area contributed by atoms with Gasteiger partial charge < -0.3 is 9.51 Å². The Kier molecular flexibility index (Phi) is 3.53. The third kappa shape index (κ3) is 2.91. The van der Waals surface area contributed by atoms with Crippen LogP contribution < -0.4 is 0 Å². The Morgan fingerprint density at radius 1 is 1.27 bits per heavy atom. The summed E-state index contributed by atoms with van der Waals surface area (Å²) in [5.41, 5.74) is 1.46. The molecule has 2 aromatic heterocycles. The first-order valence-corrected chi connectivity index (χ1v) is 8.05. The van der Waals surface area contributed by atoms with Crippen molar-refractivity contribution in [2.24, 2.45) is 0 Å². The number of sulfone groups is 1. The third-order valence-corrected chi connectivity index (χ3v) is 4.49. The summed E-state index contributed by atoms with van der Waals surface area (Å²) in [6, 6.07) is 7.23. The maximum atomic E-state index is 12.9. The molecule has 0 aliphatic rings. The molecule has 0 unspecified atom stereocenters. The lowest BCUT2D eigenvalue weighted by Crippen LogP contribution is -2.07. The molecule has 114 valence electrons. The summed E-state index contributed by atoms with van der Waals surface area (Å²) in [5, 5.41) is 3.50. The molecule has 0 spiro atoms. The molecule has 0 bridgehead atoms. The van der Waals surface area contributed by atoms with Crippen molar-refractivity contribution in [3.05, 3.63) is 53.8 Å². The van der Waals surface area contributed by atoms with Crippen LogP contribution in [-0.2, 0) is 15.6 Å². The average Bonchev–Trinajstić information content (AvgIpc) is 3.09. The smallest absolute Gasteiger partial charge is 0.225 e. The molecule has 0 fully saturated rings. The maximum Gasteiger partial charge on any atom is 0.225 e. The second-order valence-electron chi connectivity index (χ2n) is 4.80. The highest BCUT2D eigenvalue weighted by Crippen LogP contribution is 2.20. The van der Waals surface area contributed by atoms with Crippen molar-refractivity contribution in [3.8, 4) is 11.3 Å². The van der Waals surface area contributed by atoms with E-state index < -0.39 is 9.84 Å². The van der Waals surface area contributed by atoms with Crippen molar-refractivity contribution in [1.29, 1.82) is 0 Å². The molecule has 8 heteroatoms. The molecule has 0 atom stereocenters. The Morgan fingerprint density at radius 3 is 2.64 bits per heavy atom. The molecule has 6 nitrogen and oxygen atoms in total. The van der Waals surface area contributed by atoms with Crippen LogP contribution in [0.25, 0.3) is 11.3 Å². The molecule has 1 aromatic carbocycles. The summed E-state index contributed by atoms with van der Waals surface area (Å²) in [4.78, 5) is 6.63. The fourth-order valence-electron chi connectivity index (χ4n) is 1.99. The standard InChI is InChI=1S/C14H12FN3O3S/c1-9-6-12(18-21-9)8-22(19,20)14-16-7-13(17-14)10-2-4-11(15)5-3-10/h2-7H,8H2,1H3,(H,16,17). The van der Waals surface area contributed by atoms with Crippen LogP contribution in [0.4, 0.5) is 4.39 Å².